The summed E-state index contributed by atoms with van der Waals surface area (Å²) in [5, 5.41) is 10.5. The first-order valence-corrected chi connectivity index (χ1v) is 14.7. The third-order valence-electron chi connectivity index (χ3n) is 13.7. The molecule has 202 valence electrons. The van der Waals surface area contributed by atoms with Gasteiger partial charge in [0, 0.05) is 12.3 Å². The Hall–Kier alpha value is -1.32. The largest absolute Gasteiger partial charge is 0.481 e. The van der Waals surface area contributed by atoms with Gasteiger partial charge in [0.15, 0.2) is 0 Å². The SMILES string of the molecule is C=C(C)[C@@H]1CC[C@]2(C(=O)O)CC[C@]3(C)[C@H](CC[C@@H]4C5(C)CC[C@H](OC(C)=O)C(C)(C)[C@@H]5CC[C@]43C)[C@@H]12. The van der Waals surface area contributed by atoms with Crippen molar-refractivity contribution in [2.24, 2.45) is 56.7 Å². The van der Waals surface area contributed by atoms with Crippen molar-refractivity contribution < 1.29 is 19.4 Å². The molecule has 0 spiro atoms. The van der Waals surface area contributed by atoms with E-state index in [0.717, 1.165) is 44.9 Å². The third kappa shape index (κ3) is 3.17. The number of carbonyl (C=O) groups is 2. The van der Waals surface area contributed by atoms with Crippen LogP contribution >= 0.6 is 0 Å². The molecule has 0 aliphatic heterocycles. The average Bonchev–Trinajstić information content (AvgIpc) is 3.17. The lowest BCUT2D eigenvalue weighted by Crippen LogP contribution is -2.67. The van der Waals surface area contributed by atoms with Gasteiger partial charge in [0.25, 0.3) is 0 Å². The highest BCUT2D eigenvalue weighted by molar-refractivity contribution is 5.76. The Morgan fingerprint density at radius 2 is 1.50 bits per heavy atom. The molecule has 0 saturated heterocycles. The highest BCUT2D eigenvalue weighted by Crippen LogP contribution is 2.77. The van der Waals surface area contributed by atoms with Crippen LogP contribution in [0.2, 0.25) is 0 Å². The third-order valence-corrected chi connectivity index (χ3v) is 13.7. The van der Waals surface area contributed by atoms with Gasteiger partial charge < -0.3 is 9.84 Å². The lowest BCUT2D eigenvalue weighted by Gasteiger charge is -2.72. The second-order valence-corrected chi connectivity index (χ2v) is 15.1. The molecule has 5 fully saturated rings. The van der Waals surface area contributed by atoms with Gasteiger partial charge in [0.2, 0.25) is 0 Å². The summed E-state index contributed by atoms with van der Waals surface area (Å²) in [5.74, 6) is 1.49. The van der Waals surface area contributed by atoms with E-state index < -0.39 is 11.4 Å². The maximum atomic E-state index is 12.8. The minimum absolute atomic E-state index is 0.00466. The molecular weight excluding hydrogens is 448 g/mol. The lowest BCUT2D eigenvalue weighted by atomic mass is 9.32. The van der Waals surface area contributed by atoms with Crippen molar-refractivity contribution in [3.8, 4) is 0 Å². The lowest BCUT2D eigenvalue weighted by molar-refractivity contribution is -0.250. The van der Waals surface area contributed by atoms with Crippen LogP contribution in [0.1, 0.15) is 113 Å². The van der Waals surface area contributed by atoms with E-state index in [9.17, 15) is 14.7 Å². The summed E-state index contributed by atoms with van der Waals surface area (Å²) in [4.78, 5) is 24.7. The van der Waals surface area contributed by atoms with Crippen LogP contribution in [0.25, 0.3) is 0 Å². The van der Waals surface area contributed by atoms with Gasteiger partial charge in [-0.05, 0) is 117 Å². The van der Waals surface area contributed by atoms with Crippen LogP contribution in [0.15, 0.2) is 12.2 Å². The summed E-state index contributed by atoms with van der Waals surface area (Å²) in [7, 11) is 0. The first-order valence-electron chi connectivity index (χ1n) is 14.7. The molecule has 1 unspecified atom stereocenters. The standard InChI is InChI=1S/C32H50O4/c1-19(2)21-11-16-32(27(34)35)18-17-30(7)22(26(21)32)9-10-24-29(6)14-13-25(36-20(3)33)28(4,5)23(29)12-15-31(24,30)8/h21-26H,1,9-18H2,2-8H3,(H,34,35)/t21-,22+,23-,24+,25-,26+,29?,30+,31+,32-/m0/s1. The second kappa shape index (κ2) is 8.09. The van der Waals surface area contributed by atoms with E-state index in [1.165, 1.54) is 24.8 Å². The summed E-state index contributed by atoms with van der Waals surface area (Å²) < 4.78 is 5.88. The number of hydrogen-bond donors (Lipinski definition) is 1. The quantitative estimate of drug-likeness (QED) is 0.320. The van der Waals surface area contributed by atoms with Crippen LogP contribution in [0.3, 0.4) is 0 Å². The zero-order valence-corrected chi connectivity index (χ0v) is 23.9. The number of carbonyl (C=O) groups excluding carboxylic acids is 1. The fourth-order valence-corrected chi connectivity index (χ4v) is 11.9. The van der Waals surface area contributed by atoms with Gasteiger partial charge in [-0.3, -0.25) is 9.59 Å². The minimum Gasteiger partial charge on any atom is -0.481 e. The molecular formula is C32H50O4. The number of ether oxygens (including phenoxy) is 1. The molecule has 5 aliphatic rings. The highest BCUT2D eigenvalue weighted by atomic mass is 16.5. The zero-order chi connectivity index (χ0) is 26.5. The van der Waals surface area contributed by atoms with Crippen LogP contribution in [0.4, 0.5) is 0 Å². The molecule has 5 aliphatic carbocycles. The molecule has 0 heterocycles. The first kappa shape index (κ1) is 26.3. The predicted molar refractivity (Wildman–Crippen MR) is 142 cm³/mol. The van der Waals surface area contributed by atoms with E-state index in [1.54, 1.807) is 6.92 Å². The minimum atomic E-state index is -0.553. The van der Waals surface area contributed by atoms with Crippen LogP contribution < -0.4 is 0 Å². The number of rotatable bonds is 3. The van der Waals surface area contributed by atoms with Gasteiger partial charge in [-0.1, -0.05) is 46.8 Å². The van der Waals surface area contributed by atoms with Gasteiger partial charge in [-0.25, -0.2) is 0 Å². The van der Waals surface area contributed by atoms with E-state index in [-0.39, 0.29) is 39.7 Å². The zero-order valence-electron chi connectivity index (χ0n) is 23.9. The smallest absolute Gasteiger partial charge is 0.309 e. The molecule has 0 aromatic heterocycles. The van der Waals surface area contributed by atoms with Gasteiger partial charge in [0.05, 0.1) is 5.41 Å². The van der Waals surface area contributed by atoms with Gasteiger partial charge in [0.1, 0.15) is 6.10 Å². The van der Waals surface area contributed by atoms with Crippen molar-refractivity contribution in [1.29, 1.82) is 0 Å². The van der Waals surface area contributed by atoms with E-state index in [2.05, 4.69) is 48.1 Å². The Labute approximate surface area is 219 Å². The summed E-state index contributed by atoms with van der Waals surface area (Å²) in [6.45, 7) is 20.4. The Balaban J connectivity index is 1.52. The Bertz CT molecular complexity index is 967. The maximum Gasteiger partial charge on any atom is 0.309 e. The van der Waals surface area contributed by atoms with E-state index in [4.69, 9.17) is 4.74 Å². The van der Waals surface area contributed by atoms with Crippen molar-refractivity contribution in [3.05, 3.63) is 12.2 Å². The molecule has 0 radical (unpaired) electrons. The van der Waals surface area contributed by atoms with Gasteiger partial charge >= 0.3 is 11.9 Å². The molecule has 4 heteroatoms. The van der Waals surface area contributed by atoms with E-state index >= 15 is 0 Å². The van der Waals surface area contributed by atoms with Crippen LogP contribution in [-0.2, 0) is 14.3 Å². The van der Waals surface area contributed by atoms with Gasteiger partial charge in [-0.2, -0.15) is 0 Å². The van der Waals surface area contributed by atoms with Crippen LogP contribution in [-0.4, -0.2) is 23.1 Å². The van der Waals surface area contributed by atoms with Crippen LogP contribution in [0, 0.1) is 56.7 Å². The predicted octanol–water partition coefficient (Wildman–Crippen LogP) is 7.66. The maximum absolute atomic E-state index is 12.8. The fraction of sp³-hybridized carbons (Fsp3) is 0.875. The second-order valence-electron chi connectivity index (χ2n) is 15.1. The summed E-state index contributed by atoms with van der Waals surface area (Å²) >= 11 is 0. The Kier molecular flexibility index (Phi) is 5.91. The molecule has 36 heavy (non-hydrogen) atoms. The number of carboxylic acid groups (broad SMARTS) is 1. The van der Waals surface area contributed by atoms with Gasteiger partial charge in [-0.15, -0.1) is 0 Å². The number of esters is 1. The van der Waals surface area contributed by atoms with Crippen LogP contribution in [0.5, 0.6) is 0 Å². The topological polar surface area (TPSA) is 63.6 Å². The van der Waals surface area contributed by atoms with Crippen molar-refractivity contribution >= 4 is 11.9 Å². The number of hydrogen-bond acceptors (Lipinski definition) is 3. The number of allylic oxidation sites excluding steroid dienone is 1. The normalized spacial score (nSPS) is 51.2. The number of carboxylic acids is 1. The molecule has 5 rings (SSSR count). The number of aliphatic carboxylic acids is 1. The summed E-state index contributed by atoms with van der Waals surface area (Å²) in [6, 6.07) is 0. The first-order chi connectivity index (χ1) is 16.6. The molecule has 0 aromatic rings. The number of fused-ring (bicyclic) bond motifs is 7. The summed E-state index contributed by atoms with van der Waals surface area (Å²) in [6.07, 6.45) is 10.5. The molecule has 4 nitrogen and oxygen atoms in total. The fourth-order valence-electron chi connectivity index (χ4n) is 11.9. The molecule has 0 aromatic carbocycles. The molecule has 10 atom stereocenters. The molecule has 1 N–H and O–H groups in total. The molecule has 0 bridgehead atoms. The van der Waals surface area contributed by atoms with Crippen molar-refractivity contribution in [1.82, 2.24) is 0 Å². The van der Waals surface area contributed by atoms with Crippen molar-refractivity contribution in [3.63, 3.8) is 0 Å². The Morgan fingerprint density at radius 3 is 2.11 bits per heavy atom. The highest BCUT2D eigenvalue weighted by Gasteiger charge is 2.72. The monoisotopic (exact) mass is 498 g/mol. The van der Waals surface area contributed by atoms with Crippen molar-refractivity contribution in [2.45, 2.75) is 119 Å². The van der Waals surface area contributed by atoms with Crippen molar-refractivity contribution in [2.75, 3.05) is 0 Å². The molecule has 5 saturated carbocycles. The average molecular weight is 499 g/mol. The van der Waals surface area contributed by atoms with E-state index in [1.807, 2.05) is 0 Å². The summed E-state index contributed by atoms with van der Waals surface area (Å²) in [5.41, 5.74) is 1.20. The Morgan fingerprint density at radius 1 is 0.806 bits per heavy atom. The van der Waals surface area contributed by atoms with E-state index in [0.29, 0.717) is 23.7 Å². The molecule has 0 amide bonds.